The number of pyridine rings is 1. The molecule has 1 spiro atoms. The van der Waals surface area contributed by atoms with E-state index in [4.69, 9.17) is 33.5 Å². The van der Waals surface area contributed by atoms with Crippen molar-refractivity contribution in [3.05, 3.63) is 23.5 Å². The Kier molecular flexibility index (Phi) is 5.26. The van der Waals surface area contributed by atoms with E-state index in [0.717, 1.165) is 43.3 Å². The van der Waals surface area contributed by atoms with Crippen LogP contribution in [0.4, 0.5) is 17.5 Å². The van der Waals surface area contributed by atoms with Gasteiger partial charge in [0.15, 0.2) is 5.82 Å². The molecule has 2 atom stereocenters. The molecule has 6 N–H and O–H groups in total. The molecule has 10 heteroatoms. The molecule has 2 aromatic heterocycles. The largest absolute Gasteiger partial charge is 0.382 e. The van der Waals surface area contributed by atoms with Gasteiger partial charge in [0.05, 0.1) is 23.9 Å². The number of halogens is 1. The number of anilines is 3. The smallest absolute Gasteiger partial charge is 0.158 e. The molecule has 1 unspecified atom stereocenters. The van der Waals surface area contributed by atoms with Crippen LogP contribution in [0.5, 0.6) is 0 Å². The van der Waals surface area contributed by atoms with Crippen LogP contribution in [0.1, 0.15) is 19.8 Å². The summed E-state index contributed by atoms with van der Waals surface area (Å²) in [6.45, 7) is 4.51. The van der Waals surface area contributed by atoms with Crippen molar-refractivity contribution in [1.82, 2.24) is 15.0 Å². The van der Waals surface area contributed by atoms with Gasteiger partial charge in [-0.2, -0.15) is 0 Å². The fraction of sp³-hybridized carbons (Fsp3) is 0.500. The Hall–Kier alpha value is -1.81. The van der Waals surface area contributed by atoms with Crippen LogP contribution in [0, 0.1) is 5.41 Å². The van der Waals surface area contributed by atoms with Crippen LogP contribution in [0.15, 0.2) is 28.4 Å². The maximum absolute atomic E-state index is 6.39. The Morgan fingerprint density at radius 2 is 2.00 bits per heavy atom. The van der Waals surface area contributed by atoms with Crippen LogP contribution >= 0.6 is 23.4 Å². The van der Waals surface area contributed by atoms with Gasteiger partial charge in [-0.3, -0.25) is 0 Å². The van der Waals surface area contributed by atoms with Crippen LogP contribution in [-0.2, 0) is 4.74 Å². The molecule has 4 rings (SSSR count). The lowest BCUT2D eigenvalue weighted by Crippen LogP contribution is -2.50. The number of aromatic nitrogens is 3. The number of hydrogen-bond acceptors (Lipinski definition) is 9. The maximum atomic E-state index is 6.39. The fourth-order valence-corrected chi connectivity index (χ4v) is 4.91. The van der Waals surface area contributed by atoms with Crippen molar-refractivity contribution in [1.29, 1.82) is 0 Å². The molecule has 0 radical (unpaired) electrons. The maximum Gasteiger partial charge on any atom is 0.158 e. The Bertz CT molecular complexity index is 875. The number of ether oxygens (including phenoxy) is 1. The lowest BCUT2D eigenvalue weighted by Gasteiger charge is -2.41. The standard InChI is InChI=1S/C18H24ClN7OS/c1-10-14(20)18(9-27-10)3-6-26(7-4-18)12-8-24-17(16(22)25-12)28-11-2-5-23-15(21)13(11)19/h2,5,8,10,14H,3-4,6-7,9,20H2,1H3,(H2,21,23)(H2,22,25)/t10?,14-/m1/s1. The van der Waals surface area contributed by atoms with Crippen molar-refractivity contribution in [3.8, 4) is 0 Å². The van der Waals surface area contributed by atoms with E-state index in [2.05, 4.69) is 26.8 Å². The minimum absolute atomic E-state index is 0.0721. The summed E-state index contributed by atoms with van der Waals surface area (Å²) in [6.07, 6.45) is 5.42. The molecule has 28 heavy (non-hydrogen) atoms. The fourth-order valence-electron chi connectivity index (χ4n) is 3.89. The molecule has 0 aliphatic carbocycles. The number of piperidine rings is 1. The third kappa shape index (κ3) is 3.47. The highest BCUT2D eigenvalue weighted by atomic mass is 35.5. The van der Waals surface area contributed by atoms with Gasteiger partial charge in [0.25, 0.3) is 0 Å². The third-order valence-electron chi connectivity index (χ3n) is 5.77. The second kappa shape index (κ2) is 7.55. The SMILES string of the molecule is CC1OCC2(CCN(c3cnc(Sc4ccnc(N)c4Cl)c(N)n3)CC2)[C@@H]1N. The molecule has 0 saturated carbocycles. The topological polar surface area (TPSA) is 129 Å². The van der Waals surface area contributed by atoms with Gasteiger partial charge in [-0.15, -0.1) is 0 Å². The summed E-state index contributed by atoms with van der Waals surface area (Å²) < 4.78 is 5.79. The molecule has 0 amide bonds. The van der Waals surface area contributed by atoms with E-state index < -0.39 is 0 Å². The van der Waals surface area contributed by atoms with Gasteiger partial charge in [-0.25, -0.2) is 15.0 Å². The summed E-state index contributed by atoms with van der Waals surface area (Å²) in [5, 5.41) is 0.980. The van der Waals surface area contributed by atoms with Crippen LogP contribution < -0.4 is 22.1 Å². The number of nitrogens with two attached hydrogens (primary N) is 3. The Balaban J connectivity index is 1.46. The summed E-state index contributed by atoms with van der Waals surface area (Å²) in [5.41, 5.74) is 18.4. The molecule has 2 saturated heterocycles. The molecular formula is C18H24ClN7OS. The number of hydrogen-bond donors (Lipinski definition) is 3. The summed E-state index contributed by atoms with van der Waals surface area (Å²) in [6, 6.07) is 1.86. The normalized spacial score (nSPS) is 24.0. The van der Waals surface area contributed by atoms with E-state index in [0.29, 0.717) is 15.9 Å². The third-order valence-corrected chi connectivity index (χ3v) is 7.35. The number of nitrogen functional groups attached to an aromatic ring is 2. The van der Waals surface area contributed by atoms with Crippen molar-refractivity contribution in [3.63, 3.8) is 0 Å². The highest BCUT2D eigenvalue weighted by Crippen LogP contribution is 2.42. The Morgan fingerprint density at radius 3 is 2.64 bits per heavy atom. The first-order valence-corrected chi connectivity index (χ1v) is 10.4. The first kappa shape index (κ1) is 19.5. The molecule has 0 aromatic carbocycles. The lowest BCUT2D eigenvalue weighted by atomic mass is 9.73. The molecule has 2 aromatic rings. The molecule has 2 aliphatic rings. The highest BCUT2D eigenvalue weighted by Gasteiger charge is 2.47. The average molecular weight is 422 g/mol. The van der Waals surface area contributed by atoms with Crippen LogP contribution in [0.25, 0.3) is 0 Å². The molecule has 2 aliphatic heterocycles. The van der Waals surface area contributed by atoms with Crippen molar-refractivity contribution >= 4 is 40.8 Å². The van der Waals surface area contributed by atoms with E-state index >= 15 is 0 Å². The van der Waals surface area contributed by atoms with Crippen molar-refractivity contribution in [2.45, 2.75) is 41.8 Å². The molecule has 0 bridgehead atoms. The first-order chi connectivity index (χ1) is 13.4. The summed E-state index contributed by atoms with van der Waals surface area (Å²) in [7, 11) is 0. The first-order valence-electron chi connectivity index (χ1n) is 9.22. The Labute approximate surface area is 173 Å². The van der Waals surface area contributed by atoms with E-state index in [1.807, 2.05) is 0 Å². The Morgan fingerprint density at radius 1 is 1.25 bits per heavy atom. The minimum Gasteiger partial charge on any atom is -0.382 e. The van der Waals surface area contributed by atoms with E-state index in [-0.39, 0.29) is 23.4 Å². The van der Waals surface area contributed by atoms with Gasteiger partial charge in [0.2, 0.25) is 0 Å². The number of rotatable bonds is 3. The molecule has 4 heterocycles. The zero-order valence-electron chi connectivity index (χ0n) is 15.6. The second-order valence-electron chi connectivity index (χ2n) is 7.42. The molecule has 2 fully saturated rings. The van der Waals surface area contributed by atoms with Gasteiger partial charge < -0.3 is 26.8 Å². The average Bonchev–Trinajstić information content (AvgIpc) is 2.96. The quantitative estimate of drug-likeness (QED) is 0.682. The minimum atomic E-state index is 0.0721. The monoisotopic (exact) mass is 421 g/mol. The van der Waals surface area contributed by atoms with Crippen LogP contribution in [0.3, 0.4) is 0 Å². The lowest BCUT2D eigenvalue weighted by molar-refractivity contribution is 0.0974. The number of nitrogens with zero attached hydrogens (tertiary/aromatic N) is 4. The molecule has 8 nitrogen and oxygen atoms in total. The van der Waals surface area contributed by atoms with Gasteiger partial charge >= 0.3 is 0 Å². The second-order valence-corrected chi connectivity index (χ2v) is 8.83. The predicted molar refractivity (Wildman–Crippen MR) is 111 cm³/mol. The van der Waals surface area contributed by atoms with Crippen molar-refractivity contribution in [2.24, 2.45) is 11.1 Å². The van der Waals surface area contributed by atoms with Crippen molar-refractivity contribution in [2.75, 3.05) is 36.1 Å². The van der Waals surface area contributed by atoms with Crippen molar-refractivity contribution < 1.29 is 4.74 Å². The van der Waals surface area contributed by atoms with Gasteiger partial charge in [0.1, 0.15) is 16.7 Å². The van der Waals surface area contributed by atoms with E-state index in [1.165, 1.54) is 11.8 Å². The molecule has 150 valence electrons. The zero-order chi connectivity index (χ0) is 19.9. The van der Waals surface area contributed by atoms with Gasteiger partial charge in [0, 0.05) is 35.6 Å². The summed E-state index contributed by atoms with van der Waals surface area (Å²) in [5.74, 6) is 1.42. The summed E-state index contributed by atoms with van der Waals surface area (Å²) >= 11 is 7.53. The zero-order valence-corrected chi connectivity index (χ0v) is 17.2. The van der Waals surface area contributed by atoms with Gasteiger partial charge in [-0.1, -0.05) is 23.4 Å². The van der Waals surface area contributed by atoms with Crippen LogP contribution in [0.2, 0.25) is 5.02 Å². The van der Waals surface area contributed by atoms with E-state index in [1.54, 1.807) is 18.5 Å². The van der Waals surface area contributed by atoms with Gasteiger partial charge in [-0.05, 0) is 25.8 Å². The summed E-state index contributed by atoms with van der Waals surface area (Å²) in [4.78, 5) is 16.0. The molecular weight excluding hydrogens is 398 g/mol. The predicted octanol–water partition coefficient (Wildman–Crippen LogP) is 2.17. The highest BCUT2D eigenvalue weighted by molar-refractivity contribution is 7.99. The van der Waals surface area contributed by atoms with E-state index in [9.17, 15) is 0 Å². The van der Waals surface area contributed by atoms with Crippen LogP contribution in [-0.4, -0.2) is 46.8 Å².